The second-order valence-corrected chi connectivity index (χ2v) is 13.4. The molecule has 3 aromatic rings. The first-order valence-electron chi connectivity index (χ1n) is 18.2. The molecule has 2 aromatic carbocycles. The molecule has 0 spiro atoms. The van der Waals surface area contributed by atoms with Gasteiger partial charge in [0.15, 0.2) is 5.82 Å². The van der Waals surface area contributed by atoms with Gasteiger partial charge in [-0.05, 0) is 56.0 Å². The summed E-state index contributed by atoms with van der Waals surface area (Å²) in [5.41, 5.74) is 1.33. The SMILES string of the molecule is CCCCCCCCCCCCCCOC(=O)c1ccc(C)c(N2C(=O)OC(c3nc4ccccc4c(=O)n3C3CCCCC3)C2=O)c1. The highest BCUT2D eigenvalue weighted by Crippen LogP contribution is 2.36. The summed E-state index contributed by atoms with van der Waals surface area (Å²) in [6.07, 6.45) is 17.0. The van der Waals surface area contributed by atoms with Gasteiger partial charge in [-0.25, -0.2) is 19.5 Å². The van der Waals surface area contributed by atoms with Crippen molar-refractivity contribution in [1.29, 1.82) is 0 Å². The first-order chi connectivity index (χ1) is 23.4. The van der Waals surface area contributed by atoms with Gasteiger partial charge in [0.25, 0.3) is 11.5 Å². The average Bonchev–Trinajstić information content (AvgIpc) is 3.40. The molecular weight excluding hydrogens is 606 g/mol. The van der Waals surface area contributed by atoms with Crippen LogP contribution in [0.3, 0.4) is 0 Å². The fourth-order valence-corrected chi connectivity index (χ4v) is 7.00. The number of nitrogens with zero attached hydrogens (tertiary/aromatic N) is 3. The highest BCUT2D eigenvalue weighted by atomic mass is 16.6. The van der Waals surface area contributed by atoms with Gasteiger partial charge in [0.2, 0.25) is 6.10 Å². The summed E-state index contributed by atoms with van der Waals surface area (Å²) >= 11 is 0. The molecule has 1 saturated heterocycles. The predicted octanol–water partition coefficient (Wildman–Crippen LogP) is 9.29. The first kappa shape index (κ1) is 35.3. The molecule has 1 aliphatic heterocycles. The minimum absolute atomic E-state index is 0.135. The van der Waals surface area contributed by atoms with Crippen molar-refractivity contribution < 1.29 is 23.9 Å². The molecule has 1 saturated carbocycles. The van der Waals surface area contributed by atoms with Crippen LogP contribution < -0.4 is 10.5 Å². The molecule has 0 bridgehead atoms. The summed E-state index contributed by atoms with van der Waals surface area (Å²) in [6, 6.07) is 11.7. The van der Waals surface area contributed by atoms with Crippen molar-refractivity contribution in [3.8, 4) is 0 Å². The van der Waals surface area contributed by atoms with E-state index in [9.17, 15) is 19.2 Å². The zero-order chi connectivity index (χ0) is 33.9. The van der Waals surface area contributed by atoms with Gasteiger partial charge < -0.3 is 9.47 Å². The number of anilines is 1. The number of benzene rings is 2. The lowest BCUT2D eigenvalue weighted by Gasteiger charge is -2.27. The summed E-state index contributed by atoms with van der Waals surface area (Å²) < 4.78 is 12.8. The van der Waals surface area contributed by atoms with Crippen molar-refractivity contribution in [3.05, 3.63) is 69.8 Å². The fraction of sp³-hybridized carbons (Fsp3) is 0.564. The van der Waals surface area contributed by atoms with E-state index in [2.05, 4.69) is 6.92 Å². The first-order valence-corrected chi connectivity index (χ1v) is 18.2. The average molecular weight is 658 g/mol. The van der Waals surface area contributed by atoms with Crippen molar-refractivity contribution in [3.63, 3.8) is 0 Å². The third kappa shape index (κ3) is 8.52. The van der Waals surface area contributed by atoms with Crippen molar-refractivity contribution in [2.24, 2.45) is 0 Å². The maximum absolute atomic E-state index is 13.9. The van der Waals surface area contributed by atoms with E-state index < -0.39 is 24.1 Å². The molecule has 5 rings (SSSR count). The van der Waals surface area contributed by atoms with Gasteiger partial charge in [0, 0.05) is 6.04 Å². The number of imide groups is 1. The number of para-hydroxylation sites is 1. The van der Waals surface area contributed by atoms with Gasteiger partial charge in [-0.15, -0.1) is 0 Å². The van der Waals surface area contributed by atoms with Gasteiger partial charge in [-0.1, -0.05) is 115 Å². The Morgan fingerprint density at radius 3 is 2.19 bits per heavy atom. The van der Waals surface area contributed by atoms with Gasteiger partial charge >= 0.3 is 12.1 Å². The van der Waals surface area contributed by atoms with E-state index in [4.69, 9.17) is 14.5 Å². The Morgan fingerprint density at radius 1 is 0.854 bits per heavy atom. The van der Waals surface area contributed by atoms with Gasteiger partial charge in [0.1, 0.15) is 0 Å². The summed E-state index contributed by atoms with van der Waals surface area (Å²) in [5.74, 6) is -1.00. The van der Waals surface area contributed by atoms with E-state index in [1.165, 1.54) is 63.9 Å². The van der Waals surface area contributed by atoms with Crippen LogP contribution >= 0.6 is 0 Å². The van der Waals surface area contributed by atoms with Crippen molar-refractivity contribution in [2.75, 3.05) is 11.5 Å². The normalized spacial score (nSPS) is 16.9. The zero-order valence-corrected chi connectivity index (χ0v) is 28.7. The number of aromatic nitrogens is 2. The number of unbranched alkanes of at least 4 members (excludes halogenated alkanes) is 11. The molecule has 48 heavy (non-hydrogen) atoms. The van der Waals surface area contributed by atoms with E-state index >= 15 is 0 Å². The van der Waals surface area contributed by atoms with Gasteiger partial charge in [-0.2, -0.15) is 0 Å². The maximum atomic E-state index is 13.9. The number of carbonyl (C=O) groups is 3. The molecule has 1 aromatic heterocycles. The number of aryl methyl sites for hydroxylation is 1. The molecule has 258 valence electrons. The summed E-state index contributed by atoms with van der Waals surface area (Å²) in [7, 11) is 0. The number of rotatable bonds is 17. The molecule has 1 unspecified atom stereocenters. The van der Waals surface area contributed by atoms with E-state index in [1.807, 2.05) is 0 Å². The van der Waals surface area contributed by atoms with Crippen LogP contribution in [0.15, 0.2) is 47.3 Å². The number of cyclic esters (lactones) is 1. The maximum Gasteiger partial charge on any atom is 0.422 e. The molecule has 9 nitrogen and oxygen atoms in total. The lowest BCUT2D eigenvalue weighted by molar-refractivity contribution is -0.122. The number of amides is 2. The molecular formula is C39H51N3O6. The summed E-state index contributed by atoms with van der Waals surface area (Å²) in [4.78, 5) is 59.7. The monoisotopic (exact) mass is 657 g/mol. The third-order valence-electron chi connectivity index (χ3n) is 9.77. The molecule has 2 heterocycles. The Hall–Kier alpha value is -4.01. The smallest absolute Gasteiger partial charge is 0.422 e. The topological polar surface area (TPSA) is 108 Å². The lowest BCUT2D eigenvalue weighted by Crippen LogP contribution is -2.35. The van der Waals surface area contributed by atoms with Crippen molar-refractivity contribution in [2.45, 2.75) is 135 Å². The molecule has 1 aliphatic carbocycles. The van der Waals surface area contributed by atoms with Gasteiger partial charge in [0.05, 0.1) is 28.8 Å². The Labute approximate surface area is 284 Å². The van der Waals surface area contributed by atoms with Crippen LogP contribution in [0.2, 0.25) is 0 Å². The number of carbonyl (C=O) groups excluding carboxylic acids is 3. The molecule has 0 N–H and O–H groups in total. The Bertz CT molecular complexity index is 1630. The molecule has 9 heteroatoms. The Kier molecular flexibility index (Phi) is 12.8. The Morgan fingerprint density at radius 2 is 1.50 bits per heavy atom. The number of esters is 1. The van der Waals surface area contributed by atoms with Crippen molar-refractivity contribution in [1.82, 2.24) is 9.55 Å². The lowest BCUT2D eigenvalue weighted by atomic mass is 9.94. The molecule has 0 radical (unpaired) electrons. The number of hydrogen-bond acceptors (Lipinski definition) is 7. The zero-order valence-electron chi connectivity index (χ0n) is 28.7. The highest BCUT2D eigenvalue weighted by Gasteiger charge is 2.46. The number of ether oxygens (including phenoxy) is 2. The van der Waals surface area contributed by atoms with Gasteiger partial charge in [-0.3, -0.25) is 14.2 Å². The largest absolute Gasteiger partial charge is 0.462 e. The van der Waals surface area contributed by atoms with Crippen molar-refractivity contribution >= 4 is 34.6 Å². The van der Waals surface area contributed by atoms with Crippen LogP contribution in [0.5, 0.6) is 0 Å². The fourth-order valence-electron chi connectivity index (χ4n) is 7.00. The van der Waals surface area contributed by atoms with Crippen LogP contribution in [-0.4, -0.2) is 34.1 Å². The molecule has 1 atom stereocenters. The molecule has 2 aliphatic rings. The standard InChI is InChI=1S/C39H51N3O6/c1-3-4-5-6-7-8-9-10-11-12-13-19-26-47-38(45)29-25-24-28(2)33(27-29)42-37(44)34(48-39(42)46)35-40-32-23-18-17-22-31(32)36(43)41(35)30-20-15-14-16-21-30/h17-18,22-25,27,30,34H,3-16,19-21,26H2,1-2H3. The second-order valence-electron chi connectivity index (χ2n) is 13.4. The van der Waals surface area contributed by atoms with E-state index in [0.29, 0.717) is 23.1 Å². The van der Waals surface area contributed by atoms with Crippen LogP contribution in [0.4, 0.5) is 10.5 Å². The Balaban J connectivity index is 1.20. The molecule has 2 fully saturated rings. The highest BCUT2D eigenvalue weighted by molar-refractivity contribution is 6.18. The molecule has 2 amide bonds. The van der Waals surface area contributed by atoms with Crippen LogP contribution in [0.1, 0.15) is 150 Å². The van der Waals surface area contributed by atoms with Crippen LogP contribution in [0.25, 0.3) is 10.9 Å². The minimum Gasteiger partial charge on any atom is -0.462 e. The van der Waals surface area contributed by atoms with Crippen LogP contribution in [-0.2, 0) is 14.3 Å². The minimum atomic E-state index is -1.38. The van der Waals surface area contributed by atoms with E-state index in [0.717, 1.165) is 56.3 Å². The van der Waals surface area contributed by atoms with Crippen LogP contribution in [0, 0.1) is 6.92 Å². The quantitative estimate of drug-likeness (QED) is 0.105. The van der Waals surface area contributed by atoms with E-state index in [1.54, 1.807) is 47.9 Å². The predicted molar refractivity (Wildman–Crippen MR) is 187 cm³/mol. The number of hydrogen-bond donors (Lipinski definition) is 0. The van der Waals surface area contributed by atoms with E-state index in [-0.39, 0.29) is 28.7 Å². The summed E-state index contributed by atoms with van der Waals surface area (Å²) in [6.45, 7) is 4.32. The summed E-state index contributed by atoms with van der Waals surface area (Å²) in [5, 5.41) is 0.464. The number of fused-ring (bicyclic) bond motifs is 1. The third-order valence-corrected chi connectivity index (χ3v) is 9.77. The second kappa shape index (κ2) is 17.4.